The lowest BCUT2D eigenvalue weighted by Gasteiger charge is -2.29. The fraction of sp³-hybridized carbons (Fsp3) is 0.647. The van der Waals surface area contributed by atoms with Crippen LogP contribution in [0.25, 0.3) is 0 Å². The van der Waals surface area contributed by atoms with Crippen LogP contribution in [0.2, 0.25) is 0 Å². The van der Waals surface area contributed by atoms with E-state index in [0.29, 0.717) is 12.1 Å². The standard InChI is InChI=1S/C17H26BrNO2/c1-4-19-12(2)16-9-8-15(11-17(16)18)21-14-7-5-6-13(10-14)20-3/h8-9,11-14,19H,4-7,10H2,1-3H3. The minimum Gasteiger partial charge on any atom is -0.490 e. The van der Waals surface area contributed by atoms with Gasteiger partial charge in [0.05, 0.1) is 6.10 Å². The Morgan fingerprint density at radius 2 is 2.10 bits per heavy atom. The van der Waals surface area contributed by atoms with Crippen LogP contribution >= 0.6 is 15.9 Å². The van der Waals surface area contributed by atoms with Crippen LogP contribution in [0.5, 0.6) is 5.75 Å². The molecule has 3 nitrogen and oxygen atoms in total. The second-order valence-electron chi connectivity index (χ2n) is 5.73. The molecule has 118 valence electrons. The van der Waals surface area contributed by atoms with E-state index in [1.54, 1.807) is 7.11 Å². The van der Waals surface area contributed by atoms with Gasteiger partial charge in [0.2, 0.25) is 0 Å². The molecule has 4 heteroatoms. The Kier molecular flexibility index (Phi) is 6.52. The van der Waals surface area contributed by atoms with E-state index < -0.39 is 0 Å². The van der Waals surface area contributed by atoms with E-state index in [9.17, 15) is 0 Å². The molecular weight excluding hydrogens is 330 g/mol. The SMILES string of the molecule is CCNC(C)c1ccc(OC2CCCC(OC)C2)cc1Br. The maximum Gasteiger partial charge on any atom is 0.120 e. The van der Waals surface area contributed by atoms with Crippen molar-refractivity contribution in [1.82, 2.24) is 5.32 Å². The zero-order chi connectivity index (χ0) is 15.2. The highest BCUT2D eigenvalue weighted by molar-refractivity contribution is 9.10. The first kappa shape index (κ1) is 16.8. The third kappa shape index (κ3) is 4.70. The molecule has 1 aliphatic carbocycles. The van der Waals surface area contributed by atoms with Gasteiger partial charge < -0.3 is 14.8 Å². The molecule has 1 aromatic carbocycles. The molecule has 1 saturated carbocycles. The molecule has 0 spiro atoms. The first-order valence-corrected chi connectivity index (χ1v) is 8.65. The Hall–Kier alpha value is -0.580. The van der Waals surface area contributed by atoms with Gasteiger partial charge >= 0.3 is 0 Å². The number of hydrogen-bond donors (Lipinski definition) is 1. The second-order valence-corrected chi connectivity index (χ2v) is 6.58. The van der Waals surface area contributed by atoms with Crippen LogP contribution in [0.15, 0.2) is 22.7 Å². The average molecular weight is 356 g/mol. The molecule has 1 fully saturated rings. The molecule has 1 aliphatic rings. The highest BCUT2D eigenvalue weighted by Crippen LogP contribution is 2.30. The van der Waals surface area contributed by atoms with Crippen LogP contribution in [0.1, 0.15) is 51.1 Å². The lowest BCUT2D eigenvalue weighted by atomic mass is 9.95. The Balaban J connectivity index is 1.99. The summed E-state index contributed by atoms with van der Waals surface area (Å²) in [5.74, 6) is 0.941. The fourth-order valence-corrected chi connectivity index (χ4v) is 3.67. The Morgan fingerprint density at radius 3 is 2.76 bits per heavy atom. The lowest BCUT2D eigenvalue weighted by Crippen LogP contribution is -2.29. The number of hydrogen-bond acceptors (Lipinski definition) is 3. The van der Waals surface area contributed by atoms with Crippen LogP contribution in [0, 0.1) is 0 Å². The molecule has 2 rings (SSSR count). The molecule has 3 unspecified atom stereocenters. The topological polar surface area (TPSA) is 30.5 Å². The molecular formula is C17H26BrNO2. The van der Waals surface area contributed by atoms with Crippen molar-refractivity contribution in [3.05, 3.63) is 28.2 Å². The summed E-state index contributed by atoms with van der Waals surface area (Å²) in [5, 5.41) is 3.43. The van der Waals surface area contributed by atoms with Crippen molar-refractivity contribution in [2.75, 3.05) is 13.7 Å². The fourth-order valence-electron chi connectivity index (χ4n) is 2.96. The molecule has 0 bridgehead atoms. The lowest BCUT2D eigenvalue weighted by molar-refractivity contribution is 0.0209. The van der Waals surface area contributed by atoms with Crippen molar-refractivity contribution in [3.63, 3.8) is 0 Å². The molecule has 0 aliphatic heterocycles. The van der Waals surface area contributed by atoms with Gasteiger partial charge in [0.15, 0.2) is 0 Å². The van der Waals surface area contributed by atoms with E-state index >= 15 is 0 Å². The van der Waals surface area contributed by atoms with Crippen molar-refractivity contribution >= 4 is 15.9 Å². The van der Waals surface area contributed by atoms with Crippen LogP contribution in [0.4, 0.5) is 0 Å². The van der Waals surface area contributed by atoms with Gasteiger partial charge in [0.25, 0.3) is 0 Å². The largest absolute Gasteiger partial charge is 0.490 e. The quantitative estimate of drug-likeness (QED) is 0.817. The van der Waals surface area contributed by atoms with Crippen molar-refractivity contribution in [2.45, 2.75) is 57.8 Å². The summed E-state index contributed by atoms with van der Waals surface area (Å²) in [6.07, 6.45) is 5.06. The van der Waals surface area contributed by atoms with Crippen LogP contribution < -0.4 is 10.1 Å². The van der Waals surface area contributed by atoms with E-state index in [4.69, 9.17) is 9.47 Å². The molecule has 0 heterocycles. The second kappa shape index (κ2) is 8.16. The number of benzene rings is 1. The van der Waals surface area contributed by atoms with Gasteiger partial charge in [-0.05, 0) is 50.4 Å². The van der Waals surface area contributed by atoms with Crippen LogP contribution in [0.3, 0.4) is 0 Å². The van der Waals surface area contributed by atoms with E-state index in [1.165, 1.54) is 12.0 Å². The molecule has 1 aromatic rings. The molecule has 21 heavy (non-hydrogen) atoms. The van der Waals surface area contributed by atoms with Gasteiger partial charge in [-0.2, -0.15) is 0 Å². The number of methoxy groups -OCH3 is 1. The maximum absolute atomic E-state index is 6.13. The molecule has 3 atom stereocenters. The highest BCUT2D eigenvalue weighted by Gasteiger charge is 2.23. The number of nitrogens with one attached hydrogen (secondary N) is 1. The number of rotatable bonds is 6. The van der Waals surface area contributed by atoms with E-state index in [0.717, 1.165) is 36.0 Å². The van der Waals surface area contributed by atoms with E-state index in [2.05, 4.69) is 53.3 Å². The zero-order valence-corrected chi connectivity index (χ0v) is 14.8. The molecule has 0 radical (unpaired) electrons. The monoisotopic (exact) mass is 355 g/mol. The highest BCUT2D eigenvalue weighted by atomic mass is 79.9. The van der Waals surface area contributed by atoms with Crippen molar-refractivity contribution in [3.8, 4) is 5.75 Å². The van der Waals surface area contributed by atoms with Gasteiger partial charge in [0, 0.05) is 24.0 Å². The number of halogens is 1. The first-order chi connectivity index (χ1) is 10.1. The molecule has 0 saturated heterocycles. The zero-order valence-electron chi connectivity index (χ0n) is 13.2. The Bertz CT molecular complexity index is 452. The molecule has 0 amide bonds. The summed E-state index contributed by atoms with van der Waals surface area (Å²) >= 11 is 3.66. The Morgan fingerprint density at radius 1 is 1.33 bits per heavy atom. The molecule has 0 aromatic heterocycles. The third-order valence-electron chi connectivity index (χ3n) is 4.16. The van der Waals surface area contributed by atoms with Crippen LogP contribution in [-0.2, 0) is 4.74 Å². The minimum atomic E-state index is 0.271. The summed E-state index contributed by atoms with van der Waals surface area (Å²) in [5.41, 5.74) is 1.27. The minimum absolute atomic E-state index is 0.271. The van der Waals surface area contributed by atoms with Crippen molar-refractivity contribution in [2.24, 2.45) is 0 Å². The predicted octanol–water partition coefficient (Wildman–Crippen LogP) is 4.46. The summed E-state index contributed by atoms with van der Waals surface area (Å²) < 4.78 is 12.7. The summed E-state index contributed by atoms with van der Waals surface area (Å²) in [7, 11) is 1.79. The summed E-state index contributed by atoms with van der Waals surface area (Å²) in [6.45, 7) is 5.26. The van der Waals surface area contributed by atoms with Crippen LogP contribution in [-0.4, -0.2) is 25.9 Å². The third-order valence-corrected chi connectivity index (χ3v) is 4.85. The van der Waals surface area contributed by atoms with Gasteiger partial charge in [-0.15, -0.1) is 0 Å². The summed E-state index contributed by atoms with van der Waals surface area (Å²) in [6, 6.07) is 6.64. The normalized spacial score (nSPS) is 23.8. The maximum atomic E-state index is 6.13. The Labute approximate surface area is 136 Å². The number of ether oxygens (including phenoxy) is 2. The van der Waals surface area contributed by atoms with E-state index in [1.807, 2.05) is 0 Å². The predicted molar refractivity (Wildman–Crippen MR) is 89.9 cm³/mol. The summed E-state index contributed by atoms with van der Waals surface area (Å²) in [4.78, 5) is 0. The smallest absolute Gasteiger partial charge is 0.120 e. The van der Waals surface area contributed by atoms with E-state index in [-0.39, 0.29) is 6.10 Å². The first-order valence-electron chi connectivity index (χ1n) is 7.86. The van der Waals surface area contributed by atoms with Crippen molar-refractivity contribution < 1.29 is 9.47 Å². The average Bonchev–Trinajstić information content (AvgIpc) is 2.47. The van der Waals surface area contributed by atoms with Crippen molar-refractivity contribution in [1.29, 1.82) is 0 Å². The van der Waals surface area contributed by atoms with Gasteiger partial charge in [-0.25, -0.2) is 0 Å². The molecule has 1 N–H and O–H groups in total. The van der Waals surface area contributed by atoms with Gasteiger partial charge in [-0.3, -0.25) is 0 Å². The van der Waals surface area contributed by atoms with Gasteiger partial charge in [-0.1, -0.05) is 28.9 Å². The van der Waals surface area contributed by atoms with Gasteiger partial charge in [0.1, 0.15) is 11.9 Å².